The number of nitrogens with one attached hydrogen (secondary N) is 2. The lowest BCUT2D eigenvalue weighted by molar-refractivity contribution is -0.111. The molecule has 20 heavy (non-hydrogen) atoms. The molecule has 3 heterocycles. The summed E-state index contributed by atoms with van der Waals surface area (Å²) in [6, 6.07) is 3.47. The van der Waals surface area contributed by atoms with Crippen molar-refractivity contribution in [3.05, 3.63) is 42.2 Å². The molecule has 4 rings (SSSR count). The van der Waals surface area contributed by atoms with Crippen molar-refractivity contribution in [2.75, 3.05) is 5.32 Å². The summed E-state index contributed by atoms with van der Waals surface area (Å²) in [5.74, 6) is 0.275. The van der Waals surface area contributed by atoms with Crippen LogP contribution in [0.1, 0.15) is 11.4 Å². The van der Waals surface area contributed by atoms with E-state index < -0.39 is 0 Å². The molecule has 3 aromatic heterocycles. The largest absolute Gasteiger partial charge is 0.307 e. The molecule has 1 amide bonds. The Kier molecular flexibility index (Phi) is 2.13. The van der Waals surface area contributed by atoms with Crippen LogP contribution in [-0.4, -0.2) is 31.1 Å². The quantitative estimate of drug-likeness (QED) is 0.725. The lowest BCUT2D eigenvalue weighted by Gasteiger charge is -2.04. The third-order valence-electron chi connectivity index (χ3n) is 3.11. The maximum Gasteiger partial charge on any atom is 0.259 e. The number of nitrogens with zero attached hydrogens (tertiary/aromatic N) is 4. The first-order valence-corrected chi connectivity index (χ1v) is 5.95. The highest BCUT2D eigenvalue weighted by molar-refractivity contribution is 6.33. The maximum atomic E-state index is 12.3. The zero-order chi connectivity index (χ0) is 13.5. The van der Waals surface area contributed by atoms with Crippen molar-refractivity contribution in [1.82, 2.24) is 25.1 Å². The SMILES string of the molecule is O=C(Nc1ccn[nH]1)C1=Cc2nccc3ncnc1c23. The average molecular weight is 264 g/mol. The molecule has 2 N–H and O–H groups in total. The van der Waals surface area contributed by atoms with E-state index in [9.17, 15) is 4.79 Å². The van der Waals surface area contributed by atoms with Gasteiger partial charge < -0.3 is 5.32 Å². The highest BCUT2D eigenvalue weighted by Crippen LogP contribution is 2.33. The summed E-state index contributed by atoms with van der Waals surface area (Å²) in [5, 5.41) is 10.0. The van der Waals surface area contributed by atoms with Crippen molar-refractivity contribution in [3.8, 4) is 0 Å². The maximum absolute atomic E-state index is 12.3. The summed E-state index contributed by atoms with van der Waals surface area (Å²) in [5.41, 5.74) is 2.57. The first-order chi connectivity index (χ1) is 9.83. The van der Waals surface area contributed by atoms with Gasteiger partial charge in [-0.25, -0.2) is 9.97 Å². The smallest absolute Gasteiger partial charge is 0.259 e. The van der Waals surface area contributed by atoms with Crippen molar-refractivity contribution in [1.29, 1.82) is 0 Å². The van der Waals surface area contributed by atoms with Gasteiger partial charge in [-0.15, -0.1) is 0 Å². The summed E-state index contributed by atoms with van der Waals surface area (Å²) in [6.07, 6.45) is 6.40. The van der Waals surface area contributed by atoms with Crippen LogP contribution in [0.2, 0.25) is 0 Å². The first kappa shape index (κ1) is 10.8. The van der Waals surface area contributed by atoms with E-state index in [0.29, 0.717) is 22.8 Å². The molecule has 0 atom stereocenters. The number of carbonyl (C=O) groups excluding carboxylic acids is 1. The van der Waals surface area contributed by atoms with Crippen molar-refractivity contribution in [3.63, 3.8) is 0 Å². The number of anilines is 1. The fraction of sp³-hybridized carbons (Fsp3) is 0. The van der Waals surface area contributed by atoms with Crippen LogP contribution in [-0.2, 0) is 4.79 Å². The number of amides is 1. The molecular weight excluding hydrogens is 256 g/mol. The number of aromatic amines is 1. The number of hydrogen-bond donors (Lipinski definition) is 2. The molecule has 96 valence electrons. The Morgan fingerprint density at radius 1 is 1.15 bits per heavy atom. The van der Waals surface area contributed by atoms with Gasteiger partial charge in [-0.2, -0.15) is 5.10 Å². The monoisotopic (exact) mass is 264 g/mol. The molecule has 0 unspecified atom stereocenters. The predicted molar refractivity (Wildman–Crippen MR) is 72.4 cm³/mol. The lowest BCUT2D eigenvalue weighted by Crippen LogP contribution is -2.13. The van der Waals surface area contributed by atoms with Crippen LogP contribution in [0.15, 0.2) is 30.9 Å². The second-order valence-corrected chi connectivity index (χ2v) is 4.30. The van der Waals surface area contributed by atoms with Crippen molar-refractivity contribution in [2.45, 2.75) is 0 Å². The second kappa shape index (κ2) is 3.95. The normalized spacial score (nSPS) is 12.5. The molecule has 0 saturated carbocycles. The van der Waals surface area contributed by atoms with Gasteiger partial charge in [-0.1, -0.05) is 0 Å². The Morgan fingerprint density at radius 2 is 2.10 bits per heavy atom. The van der Waals surface area contributed by atoms with Gasteiger partial charge >= 0.3 is 0 Å². The van der Waals surface area contributed by atoms with E-state index in [1.165, 1.54) is 6.33 Å². The Bertz CT molecular complexity index is 847. The fourth-order valence-electron chi connectivity index (χ4n) is 2.24. The van der Waals surface area contributed by atoms with Crippen LogP contribution in [0.4, 0.5) is 5.82 Å². The molecule has 1 aliphatic rings. The third-order valence-corrected chi connectivity index (χ3v) is 3.11. The van der Waals surface area contributed by atoms with Crippen molar-refractivity contribution >= 4 is 34.3 Å². The zero-order valence-electron chi connectivity index (χ0n) is 10.2. The first-order valence-electron chi connectivity index (χ1n) is 5.95. The summed E-state index contributed by atoms with van der Waals surface area (Å²) in [6.45, 7) is 0. The molecule has 1 aliphatic carbocycles. The third kappa shape index (κ3) is 1.50. The highest BCUT2D eigenvalue weighted by atomic mass is 16.1. The van der Waals surface area contributed by atoms with E-state index in [1.807, 2.05) is 0 Å². The van der Waals surface area contributed by atoms with Gasteiger partial charge in [0.25, 0.3) is 5.91 Å². The molecule has 0 aliphatic heterocycles. The molecule has 7 nitrogen and oxygen atoms in total. The van der Waals surface area contributed by atoms with E-state index in [4.69, 9.17) is 0 Å². The molecule has 0 saturated heterocycles. The van der Waals surface area contributed by atoms with Crippen molar-refractivity contribution < 1.29 is 4.79 Å². The van der Waals surface area contributed by atoms with Gasteiger partial charge in [-0.05, 0) is 12.1 Å². The summed E-state index contributed by atoms with van der Waals surface area (Å²) >= 11 is 0. The van der Waals surface area contributed by atoms with Crippen molar-refractivity contribution in [2.24, 2.45) is 0 Å². The van der Waals surface area contributed by atoms with Crippen LogP contribution in [0.3, 0.4) is 0 Å². The van der Waals surface area contributed by atoms with E-state index >= 15 is 0 Å². The molecule has 3 aromatic rings. The Hall–Kier alpha value is -3.09. The Labute approximate surface area is 112 Å². The number of carbonyl (C=O) groups is 1. The van der Waals surface area contributed by atoms with Crippen LogP contribution in [0.25, 0.3) is 22.6 Å². The van der Waals surface area contributed by atoms with Gasteiger partial charge in [0.1, 0.15) is 12.1 Å². The molecule has 0 spiro atoms. The van der Waals surface area contributed by atoms with Crippen LogP contribution in [0.5, 0.6) is 0 Å². The number of H-pyrrole nitrogens is 1. The predicted octanol–water partition coefficient (Wildman–Crippen LogP) is 1.24. The van der Waals surface area contributed by atoms with Gasteiger partial charge in [0, 0.05) is 12.3 Å². The van der Waals surface area contributed by atoms with E-state index in [1.54, 1.807) is 30.6 Å². The van der Waals surface area contributed by atoms with Gasteiger partial charge in [-0.3, -0.25) is 14.9 Å². The van der Waals surface area contributed by atoms with Gasteiger partial charge in [0.15, 0.2) is 0 Å². The van der Waals surface area contributed by atoms with Crippen LogP contribution >= 0.6 is 0 Å². The number of rotatable bonds is 2. The fourth-order valence-corrected chi connectivity index (χ4v) is 2.24. The number of hydrogen-bond acceptors (Lipinski definition) is 5. The van der Waals surface area contributed by atoms with Crippen LogP contribution in [0, 0.1) is 0 Å². The minimum atomic E-state index is -0.257. The summed E-state index contributed by atoms with van der Waals surface area (Å²) < 4.78 is 0. The number of pyridine rings is 1. The molecule has 0 aromatic carbocycles. The van der Waals surface area contributed by atoms with Gasteiger partial charge in [0.05, 0.1) is 34.1 Å². The second-order valence-electron chi connectivity index (χ2n) is 4.30. The Balaban J connectivity index is 1.79. The minimum absolute atomic E-state index is 0.257. The minimum Gasteiger partial charge on any atom is -0.307 e. The molecular formula is C13H8N6O. The molecule has 0 fully saturated rings. The van der Waals surface area contributed by atoms with E-state index in [0.717, 1.165) is 10.9 Å². The topological polar surface area (TPSA) is 96.5 Å². The standard InChI is InChI=1S/C13H8N6O/c20-13(18-10-2-4-17-19-10)7-5-9-11-8(1-3-14-9)15-6-16-12(7)11/h1-6H,(H2,17,18,19,20). The summed E-state index contributed by atoms with van der Waals surface area (Å²) in [4.78, 5) is 24.9. The molecule has 0 radical (unpaired) electrons. The van der Waals surface area contributed by atoms with Crippen LogP contribution < -0.4 is 5.32 Å². The molecule has 0 bridgehead atoms. The van der Waals surface area contributed by atoms with E-state index in [-0.39, 0.29) is 5.91 Å². The summed E-state index contributed by atoms with van der Waals surface area (Å²) in [7, 11) is 0. The lowest BCUT2D eigenvalue weighted by atomic mass is 10.2. The average Bonchev–Trinajstić information content (AvgIpc) is 3.09. The molecule has 7 heteroatoms. The van der Waals surface area contributed by atoms with E-state index in [2.05, 4.69) is 30.5 Å². The highest BCUT2D eigenvalue weighted by Gasteiger charge is 2.24. The zero-order valence-corrected chi connectivity index (χ0v) is 10.2. The van der Waals surface area contributed by atoms with Gasteiger partial charge in [0.2, 0.25) is 0 Å². The Morgan fingerprint density at radius 3 is 2.95 bits per heavy atom. The number of aromatic nitrogens is 5.